The van der Waals surface area contributed by atoms with Crippen LogP contribution in [0, 0.1) is 0 Å². The molecule has 1 heterocycles. The van der Waals surface area contributed by atoms with Gasteiger partial charge in [-0.3, -0.25) is 0 Å². The second-order valence-electron chi connectivity index (χ2n) is 4.15. The number of aryl methyl sites for hydroxylation is 1. The van der Waals surface area contributed by atoms with Crippen molar-refractivity contribution < 1.29 is 9.32 Å². The molecule has 0 radical (unpaired) electrons. The second-order valence-corrected chi connectivity index (χ2v) is 4.15. The van der Waals surface area contributed by atoms with Crippen LogP contribution in [0.2, 0.25) is 0 Å². The fourth-order valence-electron chi connectivity index (χ4n) is 1.55. The number of aromatic nitrogens is 1. The third-order valence-electron chi connectivity index (χ3n) is 2.49. The Balaban J connectivity index is 2.27. The normalized spacial score (nSPS) is 12.2. The van der Waals surface area contributed by atoms with Gasteiger partial charge in [0.25, 0.3) is 0 Å². The number of urea groups is 1. The Morgan fingerprint density at radius 2 is 2.29 bits per heavy atom. The Bertz CT molecular complexity index is 349. The standard InChI is InChI=1S/C12H21N3O2/c1-4-6-9(3)14-12(16)13-8-11-7-10(5-2)15-17-11/h7,9H,4-6,8H2,1-3H3,(H2,13,14,16)/t9-/m1/s1. The first-order valence-corrected chi connectivity index (χ1v) is 6.14. The first-order chi connectivity index (χ1) is 8.15. The number of rotatable bonds is 6. The lowest BCUT2D eigenvalue weighted by atomic mass is 10.2. The van der Waals surface area contributed by atoms with Crippen molar-refractivity contribution in [3.05, 3.63) is 17.5 Å². The van der Waals surface area contributed by atoms with Gasteiger partial charge < -0.3 is 15.2 Å². The molecule has 0 bridgehead atoms. The van der Waals surface area contributed by atoms with E-state index in [2.05, 4.69) is 22.7 Å². The zero-order chi connectivity index (χ0) is 12.7. The topological polar surface area (TPSA) is 67.2 Å². The molecule has 0 aromatic carbocycles. The Labute approximate surface area is 102 Å². The molecule has 1 aromatic rings. The van der Waals surface area contributed by atoms with Crippen LogP contribution in [0.5, 0.6) is 0 Å². The lowest BCUT2D eigenvalue weighted by Crippen LogP contribution is -2.40. The Morgan fingerprint density at radius 1 is 1.53 bits per heavy atom. The summed E-state index contributed by atoms with van der Waals surface area (Å²) in [6.07, 6.45) is 2.88. The number of carbonyl (C=O) groups excluding carboxylic acids is 1. The van der Waals surface area contributed by atoms with Gasteiger partial charge >= 0.3 is 6.03 Å². The van der Waals surface area contributed by atoms with Crippen LogP contribution in [0.4, 0.5) is 4.79 Å². The van der Waals surface area contributed by atoms with Gasteiger partial charge in [-0.1, -0.05) is 25.4 Å². The molecule has 0 aliphatic heterocycles. The van der Waals surface area contributed by atoms with E-state index in [1.165, 1.54) is 0 Å². The maximum absolute atomic E-state index is 11.5. The molecule has 0 saturated carbocycles. The molecule has 96 valence electrons. The zero-order valence-corrected chi connectivity index (χ0v) is 10.7. The third kappa shape index (κ3) is 4.89. The summed E-state index contributed by atoms with van der Waals surface area (Å²) >= 11 is 0. The van der Waals surface area contributed by atoms with Crippen LogP contribution < -0.4 is 10.6 Å². The highest BCUT2D eigenvalue weighted by molar-refractivity contribution is 5.74. The Kier molecular flexibility index (Phi) is 5.52. The first-order valence-electron chi connectivity index (χ1n) is 6.14. The molecular formula is C12H21N3O2. The monoisotopic (exact) mass is 239 g/mol. The van der Waals surface area contributed by atoms with Gasteiger partial charge in [0.2, 0.25) is 0 Å². The largest absolute Gasteiger partial charge is 0.359 e. The van der Waals surface area contributed by atoms with Crippen molar-refractivity contribution >= 4 is 6.03 Å². The Morgan fingerprint density at radius 3 is 2.88 bits per heavy atom. The molecule has 2 amide bonds. The van der Waals surface area contributed by atoms with Gasteiger partial charge in [0.1, 0.15) is 0 Å². The molecule has 5 heteroatoms. The van der Waals surface area contributed by atoms with E-state index < -0.39 is 0 Å². The molecule has 1 aromatic heterocycles. The highest BCUT2D eigenvalue weighted by Crippen LogP contribution is 2.03. The molecule has 0 spiro atoms. The molecule has 0 unspecified atom stereocenters. The molecule has 0 aliphatic rings. The quantitative estimate of drug-likeness (QED) is 0.800. The van der Waals surface area contributed by atoms with Gasteiger partial charge in [-0.05, 0) is 19.8 Å². The average molecular weight is 239 g/mol. The maximum Gasteiger partial charge on any atom is 0.315 e. The minimum atomic E-state index is -0.166. The van der Waals surface area contributed by atoms with Crippen LogP contribution in [0.25, 0.3) is 0 Å². The van der Waals surface area contributed by atoms with Crippen LogP contribution in [-0.2, 0) is 13.0 Å². The summed E-state index contributed by atoms with van der Waals surface area (Å²) in [6, 6.07) is 1.89. The zero-order valence-electron chi connectivity index (χ0n) is 10.7. The summed E-state index contributed by atoms with van der Waals surface area (Å²) in [4.78, 5) is 11.5. The van der Waals surface area contributed by atoms with E-state index in [1.807, 2.05) is 19.9 Å². The van der Waals surface area contributed by atoms with Gasteiger partial charge in [0, 0.05) is 12.1 Å². The first kappa shape index (κ1) is 13.5. The molecule has 1 atom stereocenters. The minimum Gasteiger partial charge on any atom is -0.359 e. The predicted octanol–water partition coefficient (Wildman–Crippen LogP) is 2.22. The van der Waals surface area contributed by atoms with Crippen LogP contribution in [0.15, 0.2) is 10.6 Å². The van der Waals surface area contributed by atoms with E-state index in [1.54, 1.807) is 0 Å². The predicted molar refractivity (Wildman–Crippen MR) is 65.6 cm³/mol. The number of hydrogen-bond donors (Lipinski definition) is 2. The maximum atomic E-state index is 11.5. The number of amides is 2. The summed E-state index contributed by atoms with van der Waals surface area (Å²) in [6.45, 7) is 6.47. The average Bonchev–Trinajstić information content (AvgIpc) is 2.74. The van der Waals surface area contributed by atoms with E-state index in [0.29, 0.717) is 12.3 Å². The van der Waals surface area contributed by atoms with E-state index in [0.717, 1.165) is 25.0 Å². The lowest BCUT2D eigenvalue weighted by Gasteiger charge is -2.12. The lowest BCUT2D eigenvalue weighted by molar-refractivity contribution is 0.235. The highest BCUT2D eigenvalue weighted by atomic mass is 16.5. The SMILES string of the molecule is CCC[C@@H](C)NC(=O)NCc1cc(CC)no1. The second kappa shape index (κ2) is 6.93. The molecular weight excluding hydrogens is 218 g/mol. The summed E-state index contributed by atoms with van der Waals surface area (Å²) in [5.74, 6) is 0.681. The van der Waals surface area contributed by atoms with Gasteiger partial charge in [0.05, 0.1) is 12.2 Å². The third-order valence-corrected chi connectivity index (χ3v) is 2.49. The van der Waals surface area contributed by atoms with E-state index in [9.17, 15) is 4.79 Å². The number of carbonyl (C=O) groups is 1. The summed E-state index contributed by atoms with van der Waals surface area (Å²) in [7, 11) is 0. The molecule has 0 fully saturated rings. The van der Waals surface area contributed by atoms with Gasteiger partial charge in [-0.15, -0.1) is 0 Å². The Hall–Kier alpha value is -1.52. The number of nitrogens with zero attached hydrogens (tertiary/aromatic N) is 1. The summed E-state index contributed by atoms with van der Waals surface area (Å²) < 4.78 is 5.07. The molecule has 17 heavy (non-hydrogen) atoms. The van der Waals surface area contributed by atoms with Crippen molar-refractivity contribution in [1.82, 2.24) is 15.8 Å². The number of hydrogen-bond acceptors (Lipinski definition) is 3. The van der Waals surface area contributed by atoms with Crippen LogP contribution in [0.3, 0.4) is 0 Å². The highest BCUT2D eigenvalue weighted by Gasteiger charge is 2.07. The van der Waals surface area contributed by atoms with Crippen molar-refractivity contribution in [1.29, 1.82) is 0 Å². The minimum absolute atomic E-state index is 0.166. The fraction of sp³-hybridized carbons (Fsp3) is 0.667. The van der Waals surface area contributed by atoms with E-state index in [4.69, 9.17) is 4.52 Å². The summed E-state index contributed by atoms with van der Waals surface area (Å²) in [5.41, 5.74) is 0.904. The van der Waals surface area contributed by atoms with E-state index in [-0.39, 0.29) is 12.1 Å². The van der Waals surface area contributed by atoms with Crippen LogP contribution in [-0.4, -0.2) is 17.2 Å². The van der Waals surface area contributed by atoms with Crippen molar-refractivity contribution in [3.63, 3.8) is 0 Å². The van der Waals surface area contributed by atoms with Gasteiger partial charge in [0.15, 0.2) is 5.76 Å². The van der Waals surface area contributed by atoms with Gasteiger partial charge in [-0.25, -0.2) is 4.79 Å². The molecule has 2 N–H and O–H groups in total. The van der Waals surface area contributed by atoms with Crippen molar-refractivity contribution in [2.75, 3.05) is 0 Å². The molecule has 5 nitrogen and oxygen atoms in total. The van der Waals surface area contributed by atoms with E-state index >= 15 is 0 Å². The molecule has 0 saturated heterocycles. The molecule has 0 aliphatic carbocycles. The number of nitrogens with one attached hydrogen (secondary N) is 2. The van der Waals surface area contributed by atoms with Crippen molar-refractivity contribution in [3.8, 4) is 0 Å². The van der Waals surface area contributed by atoms with Crippen LogP contribution in [0.1, 0.15) is 45.1 Å². The van der Waals surface area contributed by atoms with Crippen molar-refractivity contribution in [2.45, 2.75) is 52.6 Å². The van der Waals surface area contributed by atoms with Gasteiger partial charge in [-0.2, -0.15) is 0 Å². The fourth-order valence-corrected chi connectivity index (χ4v) is 1.55. The summed E-state index contributed by atoms with van der Waals surface area (Å²) in [5, 5.41) is 9.46. The smallest absolute Gasteiger partial charge is 0.315 e. The molecule has 1 rings (SSSR count). The van der Waals surface area contributed by atoms with Crippen LogP contribution >= 0.6 is 0 Å². The van der Waals surface area contributed by atoms with Crippen molar-refractivity contribution in [2.24, 2.45) is 0 Å².